The molecule has 82 valence electrons. The van der Waals surface area contributed by atoms with Gasteiger partial charge in [-0.2, -0.15) is 0 Å². The van der Waals surface area contributed by atoms with E-state index in [2.05, 4.69) is 9.97 Å². The van der Waals surface area contributed by atoms with Gasteiger partial charge in [-0.05, 0) is 29.6 Å². The van der Waals surface area contributed by atoms with Crippen molar-refractivity contribution in [2.24, 2.45) is 0 Å². The molecule has 17 heavy (non-hydrogen) atoms. The first-order valence-corrected chi connectivity index (χ1v) is 5.60. The topological polar surface area (TPSA) is 48.8 Å². The molecule has 2 rings (SSSR count). The molecule has 0 atom stereocenters. The van der Waals surface area contributed by atoms with Gasteiger partial charge in [-0.15, -0.1) is 0 Å². The Morgan fingerprint density at radius 3 is 2.82 bits per heavy atom. The molecule has 3 nitrogen and oxygen atoms in total. The molecule has 1 aromatic heterocycles. The molecule has 1 heterocycles. The first-order valence-electron chi connectivity index (χ1n) is 4.61. The Morgan fingerprint density at radius 2 is 2.12 bits per heavy atom. The molecule has 0 bridgehead atoms. The molecule has 0 saturated heterocycles. The van der Waals surface area contributed by atoms with Crippen molar-refractivity contribution in [3.05, 3.63) is 47.9 Å². The summed E-state index contributed by atoms with van der Waals surface area (Å²) >= 11 is 1.31. The van der Waals surface area contributed by atoms with E-state index in [1.807, 2.05) is 6.07 Å². The summed E-state index contributed by atoms with van der Waals surface area (Å²) in [4.78, 5) is 7.65. The maximum atomic E-state index is 12.9. The van der Waals surface area contributed by atoms with Crippen LogP contribution in [-0.2, 0) is 5.75 Å². The Morgan fingerprint density at radius 1 is 1.29 bits per heavy atom. The summed E-state index contributed by atoms with van der Waals surface area (Å²) in [5, 5.41) is 11.3. The molecule has 0 unspecified atom stereocenters. The van der Waals surface area contributed by atoms with Crippen molar-refractivity contribution in [1.29, 1.82) is 0 Å². The van der Waals surface area contributed by atoms with Gasteiger partial charge in [-0.25, -0.2) is 14.4 Å². The number of rotatable bonds is 3. The number of nitrogens with zero attached hydrogens (tertiary/aromatic N) is 2. The van der Waals surface area contributed by atoms with Crippen molar-refractivity contribution in [2.45, 2.75) is 10.9 Å². The third-order valence-corrected chi connectivity index (χ3v) is 2.80. The van der Waals surface area contributed by atoms with E-state index in [0.29, 0.717) is 10.9 Å². The van der Waals surface area contributed by atoms with Crippen LogP contribution in [0.4, 0.5) is 4.39 Å². The van der Waals surface area contributed by atoms with Crippen LogP contribution in [0, 0.1) is 5.82 Å². The second-order valence-corrected chi connectivity index (χ2v) is 4.04. The Balaban J connectivity index is 0.00000144. The quantitative estimate of drug-likeness (QED) is 0.409. The van der Waals surface area contributed by atoms with Crippen molar-refractivity contribution >= 4 is 11.8 Å². The van der Waals surface area contributed by atoms with E-state index >= 15 is 0 Å². The van der Waals surface area contributed by atoms with Crippen LogP contribution in [0.3, 0.4) is 0 Å². The Bertz CT molecular complexity index is 453. The van der Waals surface area contributed by atoms with Crippen LogP contribution in [0.5, 0.6) is 5.88 Å². The predicted octanol–water partition coefficient (Wildman–Crippen LogP) is -1.01. The summed E-state index contributed by atoms with van der Waals surface area (Å²) < 4.78 is 12.9. The standard InChI is InChI=1S/C11H9FN2OS.K/c12-9-3-1-2-8(6-9)7-16-11-13-5-4-10(15)14-11;/h1-6H,7H2,(H,13,14,15);/q;+1/p-1. The fourth-order valence-corrected chi connectivity index (χ4v) is 1.93. The van der Waals surface area contributed by atoms with Crippen LogP contribution >= 0.6 is 11.8 Å². The summed E-state index contributed by atoms with van der Waals surface area (Å²) in [5.41, 5.74) is 0.838. The maximum Gasteiger partial charge on any atom is 1.00 e. The zero-order chi connectivity index (χ0) is 11.4. The van der Waals surface area contributed by atoms with Crippen LogP contribution in [0.1, 0.15) is 5.56 Å². The van der Waals surface area contributed by atoms with Crippen LogP contribution in [0.25, 0.3) is 0 Å². The summed E-state index contributed by atoms with van der Waals surface area (Å²) in [7, 11) is 0. The summed E-state index contributed by atoms with van der Waals surface area (Å²) in [6.45, 7) is 0. The first-order chi connectivity index (χ1) is 7.74. The normalized spacial score (nSPS) is 9.71. The van der Waals surface area contributed by atoms with Crippen LogP contribution < -0.4 is 56.5 Å². The van der Waals surface area contributed by atoms with Crippen LogP contribution in [0.15, 0.2) is 41.7 Å². The van der Waals surface area contributed by atoms with E-state index in [1.54, 1.807) is 6.07 Å². The van der Waals surface area contributed by atoms with Gasteiger partial charge >= 0.3 is 51.4 Å². The number of hydrogen-bond acceptors (Lipinski definition) is 4. The van der Waals surface area contributed by atoms with Crippen molar-refractivity contribution in [1.82, 2.24) is 9.97 Å². The van der Waals surface area contributed by atoms with Gasteiger partial charge in [0.05, 0.1) is 0 Å². The minimum atomic E-state index is -0.309. The van der Waals surface area contributed by atoms with E-state index in [0.717, 1.165) is 5.56 Å². The number of aromatic nitrogens is 2. The molecule has 0 amide bonds. The summed E-state index contributed by atoms with van der Waals surface area (Å²) in [6.07, 6.45) is 1.42. The van der Waals surface area contributed by atoms with Gasteiger partial charge in [0.25, 0.3) is 0 Å². The third kappa shape index (κ3) is 5.03. The Labute approximate surface area is 145 Å². The van der Waals surface area contributed by atoms with Gasteiger partial charge in [0.1, 0.15) is 5.82 Å². The summed E-state index contributed by atoms with van der Waals surface area (Å²) in [6, 6.07) is 7.61. The number of benzene rings is 1. The molecule has 6 heteroatoms. The molecule has 0 fully saturated rings. The fourth-order valence-electron chi connectivity index (χ4n) is 1.17. The number of thioether (sulfide) groups is 1. The zero-order valence-corrected chi connectivity index (χ0v) is 13.2. The average Bonchev–Trinajstić information content (AvgIpc) is 2.27. The molecule has 0 radical (unpaired) electrons. The molecule has 0 aliphatic heterocycles. The van der Waals surface area contributed by atoms with Crippen molar-refractivity contribution < 1.29 is 60.9 Å². The third-order valence-electron chi connectivity index (χ3n) is 1.86. The largest absolute Gasteiger partial charge is 1.00 e. The van der Waals surface area contributed by atoms with E-state index in [1.165, 1.54) is 36.2 Å². The van der Waals surface area contributed by atoms with Crippen LogP contribution in [0.2, 0.25) is 0 Å². The smallest absolute Gasteiger partial charge is 0.859 e. The van der Waals surface area contributed by atoms with E-state index in [4.69, 9.17) is 0 Å². The molecular formula is C11H8FKN2OS. The minimum absolute atomic E-state index is 0. The molecule has 2 aromatic rings. The van der Waals surface area contributed by atoms with Gasteiger partial charge in [-0.3, -0.25) is 0 Å². The van der Waals surface area contributed by atoms with E-state index in [9.17, 15) is 9.50 Å². The Hall–Kier alpha value is 0.0164. The SMILES string of the molecule is [K+].[O-]c1ccnc(SCc2cccc(F)c2)n1. The maximum absolute atomic E-state index is 12.9. The molecular weight excluding hydrogens is 266 g/mol. The molecule has 0 aliphatic rings. The fraction of sp³-hybridized carbons (Fsp3) is 0.0909. The second-order valence-electron chi connectivity index (χ2n) is 3.10. The number of halogens is 1. The second kappa shape index (κ2) is 7.45. The van der Waals surface area contributed by atoms with Crippen molar-refractivity contribution in [2.75, 3.05) is 0 Å². The van der Waals surface area contributed by atoms with Gasteiger partial charge in [-0.1, -0.05) is 23.9 Å². The van der Waals surface area contributed by atoms with Crippen molar-refractivity contribution in [3.8, 4) is 5.88 Å². The first kappa shape index (κ1) is 15.1. The van der Waals surface area contributed by atoms with Gasteiger partial charge in [0.15, 0.2) is 5.16 Å². The predicted molar refractivity (Wildman–Crippen MR) is 57.4 cm³/mol. The average molecular weight is 274 g/mol. The van der Waals surface area contributed by atoms with Crippen LogP contribution in [-0.4, -0.2) is 9.97 Å². The van der Waals surface area contributed by atoms with Gasteiger partial charge in [0.2, 0.25) is 0 Å². The summed E-state index contributed by atoms with van der Waals surface area (Å²) in [5.74, 6) is -0.0327. The molecule has 0 saturated carbocycles. The number of hydrogen-bond donors (Lipinski definition) is 0. The van der Waals surface area contributed by atoms with E-state index < -0.39 is 0 Å². The Kier molecular flexibility index (Phi) is 6.61. The van der Waals surface area contributed by atoms with Crippen molar-refractivity contribution in [3.63, 3.8) is 0 Å². The monoisotopic (exact) mass is 274 g/mol. The van der Waals surface area contributed by atoms with E-state index in [-0.39, 0.29) is 63.1 Å². The molecule has 0 aliphatic carbocycles. The van der Waals surface area contributed by atoms with Gasteiger partial charge < -0.3 is 5.11 Å². The molecule has 1 aromatic carbocycles. The minimum Gasteiger partial charge on any atom is -0.859 e. The molecule has 0 N–H and O–H groups in total. The van der Waals surface area contributed by atoms with Gasteiger partial charge in [0, 0.05) is 11.9 Å². The molecule has 0 spiro atoms. The zero-order valence-electron chi connectivity index (χ0n) is 9.26.